The minimum Gasteiger partial charge on any atom is -0.305 e. The monoisotopic (exact) mass is 179 g/mol. The van der Waals surface area contributed by atoms with Gasteiger partial charge in [-0.1, -0.05) is 0 Å². The average molecular weight is 179 g/mol. The van der Waals surface area contributed by atoms with Crippen LogP contribution in [0.3, 0.4) is 0 Å². The van der Waals surface area contributed by atoms with Crippen LogP contribution in [0.2, 0.25) is 0 Å². The molecule has 0 aromatic heterocycles. The van der Waals surface area contributed by atoms with Gasteiger partial charge in [0.15, 0.2) is 0 Å². The van der Waals surface area contributed by atoms with Gasteiger partial charge in [-0.05, 0) is 33.9 Å². The predicted octanol–water partition coefficient (Wildman–Crippen LogP) is 1.77. The maximum absolute atomic E-state index is 8.76. The summed E-state index contributed by atoms with van der Waals surface area (Å²) in [5.41, 5.74) is -0.249. The molecule has 13 heavy (non-hydrogen) atoms. The van der Waals surface area contributed by atoms with Crippen molar-refractivity contribution in [3.05, 3.63) is 0 Å². The molecule has 0 unspecified atom stereocenters. The van der Waals surface area contributed by atoms with Crippen LogP contribution in [0, 0.1) is 28.1 Å². The maximum Gasteiger partial charge on any atom is 0.0684 e. The van der Waals surface area contributed by atoms with Crippen LogP contribution in [-0.4, -0.2) is 25.0 Å². The quantitative estimate of drug-likeness (QED) is 0.646. The molecular weight excluding hydrogens is 162 g/mol. The van der Waals surface area contributed by atoms with Gasteiger partial charge in [-0.25, -0.2) is 0 Å². The Balaban J connectivity index is 3.66. The molecule has 0 aliphatic rings. The molecule has 3 nitrogen and oxygen atoms in total. The van der Waals surface area contributed by atoms with Crippen LogP contribution < -0.4 is 0 Å². The van der Waals surface area contributed by atoms with Crippen molar-refractivity contribution in [1.82, 2.24) is 4.90 Å². The van der Waals surface area contributed by atoms with E-state index in [1.54, 1.807) is 0 Å². The van der Waals surface area contributed by atoms with Crippen LogP contribution in [0.4, 0.5) is 0 Å². The molecule has 0 N–H and O–H groups in total. The molecule has 0 radical (unpaired) electrons. The molecule has 0 atom stereocenters. The van der Waals surface area contributed by atoms with Crippen LogP contribution in [0.5, 0.6) is 0 Å². The molecule has 0 aromatic rings. The van der Waals surface area contributed by atoms with Crippen molar-refractivity contribution in [2.45, 2.75) is 26.7 Å². The highest BCUT2D eigenvalue weighted by Crippen LogP contribution is 2.18. The summed E-state index contributed by atoms with van der Waals surface area (Å²) >= 11 is 0. The standard InChI is InChI=1S/C10H17N3/c1-10(2,9-12)5-8-13(3)7-4-6-11/h4-5,7-8H2,1-3H3. The van der Waals surface area contributed by atoms with E-state index in [9.17, 15) is 0 Å². The highest BCUT2D eigenvalue weighted by molar-refractivity contribution is 4.91. The van der Waals surface area contributed by atoms with Gasteiger partial charge >= 0.3 is 0 Å². The zero-order chi connectivity index (χ0) is 10.3. The Morgan fingerprint density at radius 1 is 1.23 bits per heavy atom. The Labute approximate surface area is 80.6 Å². The largest absolute Gasteiger partial charge is 0.305 e. The molecule has 0 bridgehead atoms. The first-order valence-electron chi connectivity index (χ1n) is 4.48. The lowest BCUT2D eigenvalue weighted by molar-refractivity contribution is 0.291. The summed E-state index contributed by atoms with van der Waals surface area (Å²) in [5, 5.41) is 17.1. The Morgan fingerprint density at radius 2 is 1.85 bits per heavy atom. The highest BCUT2D eigenvalue weighted by atomic mass is 15.1. The van der Waals surface area contributed by atoms with E-state index in [1.165, 1.54) is 0 Å². The van der Waals surface area contributed by atoms with Crippen molar-refractivity contribution in [3.63, 3.8) is 0 Å². The van der Waals surface area contributed by atoms with Crippen molar-refractivity contribution < 1.29 is 0 Å². The summed E-state index contributed by atoms with van der Waals surface area (Å²) in [6.45, 7) is 5.54. The molecule has 0 aliphatic heterocycles. The Hall–Kier alpha value is -1.06. The molecule has 0 saturated carbocycles. The van der Waals surface area contributed by atoms with Crippen molar-refractivity contribution in [3.8, 4) is 12.1 Å². The minimum atomic E-state index is -0.249. The molecular formula is C10H17N3. The van der Waals surface area contributed by atoms with Gasteiger partial charge in [-0.3, -0.25) is 0 Å². The van der Waals surface area contributed by atoms with Gasteiger partial charge in [0, 0.05) is 13.0 Å². The Morgan fingerprint density at radius 3 is 2.31 bits per heavy atom. The zero-order valence-electron chi connectivity index (χ0n) is 8.67. The predicted molar refractivity (Wildman–Crippen MR) is 51.7 cm³/mol. The second-order valence-electron chi connectivity index (χ2n) is 3.96. The van der Waals surface area contributed by atoms with Crippen LogP contribution in [-0.2, 0) is 0 Å². The molecule has 0 saturated heterocycles. The number of nitriles is 2. The Bertz CT molecular complexity index is 219. The SMILES string of the molecule is CN(CCC#N)CCC(C)(C)C#N. The topological polar surface area (TPSA) is 50.8 Å². The maximum atomic E-state index is 8.76. The first-order chi connectivity index (χ1) is 6.02. The second kappa shape index (κ2) is 5.56. The summed E-state index contributed by atoms with van der Waals surface area (Å²) < 4.78 is 0. The lowest BCUT2D eigenvalue weighted by atomic mass is 9.91. The fourth-order valence-electron chi connectivity index (χ4n) is 0.879. The first-order valence-corrected chi connectivity index (χ1v) is 4.48. The lowest BCUT2D eigenvalue weighted by Gasteiger charge is -2.20. The lowest BCUT2D eigenvalue weighted by Crippen LogP contribution is -2.24. The molecule has 0 amide bonds. The van der Waals surface area contributed by atoms with Gasteiger partial charge in [0.1, 0.15) is 0 Å². The van der Waals surface area contributed by atoms with E-state index in [0.29, 0.717) is 6.42 Å². The molecule has 0 spiro atoms. The van der Waals surface area contributed by atoms with E-state index in [4.69, 9.17) is 10.5 Å². The molecule has 72 valence electrons. The van der Waals surface area contributed by atoms with Crippen molar-refractivity contribution in [2.75, 3.05) is 20.1 Å². The highest BCUT2D eigenvalue weighted by Gasteiger charge is 2.16. The summed E-state index contributed by atoms with van der Waals surface area (Å²) in [6.07, 6.45) is 1.41. The van der Waals surface area contributed by atoms with E-state index < -0.39 is 0 Å². The molecule has 0 rings (SSSR count). The number of hydrogen-bond acceptors (Lipinski definition) is 3. The van der Waals surface area contributed by atoms with Crippen molar-refractivity contribution >= 4 is 0 Å². The second-order valence-corrected chi connectivity index (χ2v) is 3.96. The normalized spacial score (nSPS) is 10.9. The van der Waals surface area contributed by atoms with Crippen LogP contribution in [0.1, 0.15) is 26.7 Å². The van der Waals surface area contributed by atoms with Crippen LogP contribution in [0.15, 0.2) is 0 Å². The van der Waals surface area contributed by atoms with Crippen LogP contribution >= 0.6 is 0 Å². The average Bonchev–Trinajstić information content (AvgIpc) is 2.11. The minimum absolute atomic E-state index is 0.249. The van der Waals surface area contributed by atoms with Gasteiger partial charge < -0.3 is 4.90 Å². The molecule has 0 heterocycles. The zero-order valence-corrected chi connectivity index (χ0v) is 8.67. The van der Waals surface area contributed by atoms with E-state index in [1.807, 2.05) is 20.9 Å². The van der Waals surface area contributed by atoms with E-state index in [0.717, 1.165) is 19.5 Å². The number of nitrogens with zero attached hydrogens (tertiary/aromatic N) is 3. The third kappa shape index (κ3) is 6.13. The van der Waals surface area contributed by atoms with Crippen LogP contribution in [0.25, 0.3) is 0 Å². The third-order valence-electron chi connectivity index (χ3n) is 2.03. The fraction of sp³-hybridized carbons (Fsp3) is 0.800. The fourth-order valence-corrected chi connectivity index (χ4v) is 0.879. The summed E-state index contributed by atoms with van der Waals surface area (Å²) in [5.74, 6) is 0. The molecule has 0 aromatic carbocycles. The molecule has 0 aliphatic carbocycles. The number of hydrogen-bond donors (Lipinski definition) is 0. The molecule has 0 fully saturated rings. The number of rotatable bonds is 5. The van der Waals surface area contributed by atoms with Gasteiger partial charge in [0.25, 0.3) is 0 Å². The molecule has 3 heteroatoms. The van der Waals surface area contributed by atoms with Crippen molar-refractivity contribution in [1.29, 1.82) is 10.5 Å². The summed E-state index contributed by atoms with van der Waals surface area (Å²) in [7, 11) is 1.98. The smallest absolute Gasteiger partial charge is 0.0684 e. The van der Waals surface area contributed by atoms with Gasteiger partial charge in [0.05, 0.1) is 17.6 Å². The van der Waals surface area contributed by atoms with E-state index in [-0.39, 0.29) is 5.41 Å². The van der Waals surface area contributed by atoms with Gasteiger partial charge in [0.2, 0.25) is 0 Å². The summed E-state index contributed by atoms with van der Waals surface area (Å²) in [6, 6.07) is 4.36. The van der Waals surface area contributed by atoms with Gasteiger partial charge in [-0.15, -0.1) is 0 Å². The van der Waals surface area contributed by atoms with Crippen molar-refractivity contribution in [2.24, 2.45) is 5.41 Å². The third-order valence-corrected chi connectivity index (χ3v) is 2.03. The van der Waals surface area contributed by atoms with Gasteiger partial charge in [-0.2, -0.15) is 10.5 Å². The van der Waals surface area contributed by atoms with E-state index in [2.05, 4.69) is 17.0 Å². The Kier molecular flexibility index (Phi) is 5.11. The van der Waals surface area contributed by atoms with E-state index >= 15 is 0 Å². The first kappa shape index (κ1) is 11.9. The summed E-state index contributed by atoms with van der Waals surface area (Å²) in [4.78, 5) is 2.09.